The van der Waals surface area contributed by atoms with Crippen molar-refractivity contribution in [2.45, 2.75) is 17.9 Å². The molecule has 1 aliphatic rings. The highest BCUT2D eigenvalue weighted by molar-refractivity contribution is 7.93. The highest BCUT2D eigenvalue weighted by Gasteiger charge is 2.34. The highest BCUT2D eigenvalue weighted by atomic mass is 32.2. The molecule has 1 aliphatic heterocycles. The number of sulfonamides is 1. The van der Waals surface area contributed by atoms with Crippen LogP contribution in [0.5, 0.6) is 0 Å². The van der Waals surface area contributed by atoms with Gasteiger partial charge in [0.15, 0.2) is 0 Å². The fraction of sp³-hybridized carbons (Fsp3) is 0.125. The average Bonchev–Trinajstić information content (AvgIpc) is 3.40. The van der Waals surface area contributed by atoms with Gasteiger partial charge < -0.3 is 0 Å². The molecule has 1 aromatic heterocycles. The van der Waals surface area contributed by atoms with Crippen LogP contribution in [0.15, 0.2) is 96.0 Å². The molecule has 5 nitrogen and oxygen atoms in total. The first-order valence-corrected chi connectivity index (χ1v) is 11.3. The second-order valence-electron chi connectivity index (χ2n) is 7.35. The van der Waals surface area contributed by atoms with Crippen molar-refractivity contribution in [2.24, 2.45) is 0 Å². The predicted octanol–water partition coefficient (Wildman–Crippen LogP) is 4.35. The van der Waals surface area contributed by atoms with Crippen molar-refractivity contribution in [2.75, 3.05) is 10.8 Å². The molecule has 0 fully saturated rings. The molecule has 5 rings (SSSR count). The summed E-state index contributed by atoms with van der Waals surface area (Å²) in [5, 5.41) is 4.68. The molecule has 0 bridgehead atoms. The summed E-state index contributed by atoms with van der Waals surface area (Å²) in [5.41, 5.74) is 4.15. The molecule has 0 unspecified atom stereocenters. The Hall–Kier alpha value is -3.38. The van der Waals surface area contributed by atoms with E-state index in [1.54, 1.807) is 10.9 Å². The molecule has 0 radical (unpaired) electrons. The SMILES string of the molecule is O=S(=O)(c1cn(Cc2ccccc2)nc1-c1ccccc1)N1CCc2ccccc21. The third kappa shape index (κ3) is 3.29. The molecule has 150 valence electrons. The van der Waals surface area contributed by atoms with Crippen LogP contribution in [0, 0.1) is 0 Å². The maximum absolute atomic E-state index is 13.7. The van der Waals surface area contributed by atoms with Gasteiger partial charge in [0.1, 0.15) is 10.6 Å². The van der Waals surface area contributed by atoms with Crippen LogP contribution in [-0.4, -0.2) is 24.7 Å². The Morgan fingerprint density at radius 1 is 0.833 bits per heavy atom. The monoisotopic (exact) mass is 415 g/mol. The van der Waals surface area contributed by atoms with E-state index in [0.717, 1.165) is 22.4 Å². The number of fused-ring (bicyclic) bond motifs is 1. The lowest BCUT2D eigenvalue weighted by Crippen LogP contribution is -2.29. The maximum atomic E-state index is 13.7. The molecule has 0 spiro atoms. The molecule has 2 heterocycles. The van der Waals surface area contributed by atoms with E-state index in [1.165, 1.54) is 4.31 Å². The topological polar surface area (TPSA) is 55.2 Å². The van der Waals surface area contributed by atoms with Gasteiger partial charge in [-0.25, -0.2) is 8.42 Å². The van der Waals surface area contributed by atoms with Gasteiger partial charge in [0, 0.05) is 18.3 Å². The second kappa shape index (κ2) is 7.46. The van der Waals surface area contributed by atoms with Crippen LogP contribution >= 0.6 is 0 Å². The van der Waals surface area contributed by atoms with Gasteiger partial charge >= 0.3 is 0 Å². The van der Waals surface area contributed by atoms with Crippen molar-refractivity contribution >= 4 is 15.7 Å². The predicted molar refractivity (Wildman–Crippen MR) is 118 cm³/mol. The van der Waals surface area contributed by atoms with E-state index >= 15 is 0 Å². The number of rotatable bonds is 5. The molecule has 0 amide bonds. The summed E-state index contributed by atoms with van der Waals surface area (Å²) in [5.74, 6) is 0. The van der Waals surface area contributed by atoms with Crippen LogP contribution in [0.2, 0.25) is 0 Å². The van der Waals surface area contributed by atoms with Crippen molar-refractivity contribution in [3.63, 3.8) is 0 Å². The fourth-order valence-corrected chi connectivity index (χ4v) is 5.58. The third-order valence-electron chi connectivity index (χ3n) is 5.38. The summed E-state index contributed by atoms with van der Waals surface area (Å²) in [6, 6.07) is 27.1. The van der Waals surface area contributed by atoms with Crippen molar-refractivity contribution < 1.29 is 8.42 Å². The Morgan fingerprint density at radius 3 is 2.27 bits per heavy atom. The average molecular weight is 416 g/mol. The minimum atomic E-state index is -3.75. The molecular formula is C24H21N3O2S. The van der Waals surface area contributed by atoms with Gasteiger partial charge in [-0.2, -0.15) is 5.10 Å². The number of anilines is 1. The van der Waals surface area contributed by atoms with Crippen molar-refractivity contribution in [3.05, 3.63) is 102 Å². The minimum Gasteiger partial charge on any atom is -0.266 e. The summed E-state index contributed by atoms with van der Waals surface area (Å²) in [6.45, 7) is 0.951. The Balaban J connectivity index is 1.61. The Kier molecular flexibility index (Phi) is 4.64. The van der Waals surface area contributed by atoms with Crippen LogP contribution in [0.25, 0.3) is 11.3 Å². The Morgan fingerprint density at radius 2 is 1.50 bits per heavy atom. The fourth-order valence-electron chi connectivity index (χ4n) is 3.92. The Bertz CT molecular complexity index is 1280. The summed E-state index contributed by atoms with van der Waals surface area (Å²) in [6.07, 6.45) is 2.37. The van der Waals surface area contributed by atoms with Crippen LogP contribution < -0.4 is 4.31 Å². The number of hydrogen-bond donors (Lipinski definition) is 0. The van der Waals surface area contributed by atoms with Crippen molar-refractivity contribution in [3.8, 4) is 11.3 Å². The Labute approximate surface area is 176 Å². The summed E-state index contributed by atoms with van der Waals surface area (Å²) >= 11 is 0. The largest absolute Gasteiger partial charge is 0.268 e. The standard InChI is InChI=1S/C24H21N3O2S/c28-30(29,27-16-15-20-11-7-8-14-22(20)27)23-18-26(17-19-9-3-1-4-10-19)25-24(23)21-12-5-2-6-13-21/h1-14,18H,15-17H2. The smallest absolute Gasteiger partial charge is 0.266 e. The molecular weight excluding hydrogens is 394 g/mol. The molecule has 0 saturated heterocycles. The van der Waals surface area contributed by atoms with Gasteiger partial charge in [-0.15, -0.1) is 0 Å². The lowest BCUT2D eigenvalue weighted by molar-refractivity contribution is 0.592. The first-order valence-electron chi connectivity index (χ1n) is 9.90. The van der Waals surface area contributed by atoms with Crippen LogP contribution in [0.1, 0.15) is 11.1 Å². The highest BCUT2D eigenvalue weighted by Crippen LogP contribution is 2.35. The second-order valence-corrected chi connectivity index (χ2v) is 9.18. The van der Waals surface area contributed by atoms with Gasteiger partial charge in [-0.1, -0.05) is 78.9 Å². The zero-order valence-electron chi connectivity index (χ0n) is 16.3. The third-order valence-corrected chi connectivity index (χ3v) is 7.19. The van der Waals surface area contributed by atoms with E-state index in [9.17, 15) is 8.42 Å². The van der Waals surface area contributed by atoms with Gasteiger partial charge in [0.05, 0.1) is 12.2 Å². The lowest BCUT2D eigenvalue weighted by Gasteiger charge is -2.19. The zero-order valence-corrected chi connectivity index (χ0v) is 17.2. The molecule has 0 aliphatic carbocycles. The minimum absolute atomic E-state index is 0.237. The number of hydrogen-bond acceptors (Lipinski definition) is 3. The summed E-state index contributed by atoms with van der Waals surface area (Å²) in [7, 11) is -3.75. The van der Waals surface area contributed by atoms with Crippen molar-refractivity contribution in [1.82, 2.24) is 9.78 Å². The lowest BCUT2D eigenvalue weighted by atomic mass is 10.2. The number of para-hydroxylation sites is 1. The molecule has 30 heavy (non-hydrogen) atoms. The van der Waals surface area contributed by atoms with Gasteiger partial charge in [-0.3, -0.25) is 8.99 Å². The van der Waals surface area contributed by atoms with E-state index in [2.05, 4.69) is 5.10 Å². The molecule has 0 N–H and O–H groups in total. The quantitative estimate of drug-likeness (QED) is 0.487. The molecule has 4 aromatic rings. The van der Waals surface area contributed by atoms with E-state index in [-0.39, 0.29) is 4.90 Å². The first-order chi connectivity index (χ1) is 14.6. The number of benzene rings is 3. The van der Waals surface area contributed by atoms with E-state index in [1.807, 2.05) is 84.9 Å². The van der Waals surface area contributed by atoms with Crippen LogP contribution in [-0.2, 0) is 23.0 Å². The van der Waals surface area contributed by atoms with Crippen LogP contribution in [0.3, 0.4) is 0 Å². The van der Waals surface area contributed by atoms with E-state index in [0.29, 0.717) is 25.2 Å². The molecule has 0 saturated carbocycles. The molecule has 3 aromatic carbocycles. The van der Waals surface area contributed by atoms with E-state index in [4.69, 9.17) is 0 Å². The van der Waals surface area contributed by atoms with Crippen LogP contribution in [0.4, 0.5) is 5.69 Å². The van der Waals surface area contributed by atoms with Crippen molar-refractivity contribution in [1.29, 1.82) is 0 Å². The maximum Gasteiger partial charge on any atom is 0.268 e. The molecule has 6 heteroatoms. The van der Waals surface area contributed by atoms with E-state index < -0.39 is 10.0 Å². The molecule has 0 atom stereocenters. The van der Waals surface area contributed by atoms with Gasteiger partial charge in [0.25, 0.3) is 10.0 Å². The van der Waals surface area contributed by atoms with Gasteiger partial charge in [-0.05, 0) is 23.6 Å². The summed E-state index contributed by atoms with van der Waals surface area (Å²) < 4.78 is 30.7. The zero-order chi connectivity index (χ0) is 20.6. The van der Waals surface area contributed by atoms with Gasteiger partial charge in [0.2, 0.25) is 0 Å². The summed E-state index contributed by atoms with van der Waals surface area (Å²) in [4.78, 5) is 0.237. The first kappa shape index (κ1) is 18.6. The normalized spacial score (nSPS) is 13.4. The number of nitrogens with zero attached hydrogens (tertiary/aromatic N) is 3. The number of aromatic nitrogens is 2.